The van der Waals surface area contributed by atoms with Crippen molar-refractivity contribution in [2.75, 3.05) is 33.4 Å². The molecular weight excluding hydrogens is 424 g/mol. The van der Waals surface area contributed by atoms with Gasteiger partial charge in [0.05, 0.1) is 12.5 Å². The molecule has 2 atom stereocenters. The first kappa shape index (κ1) is 24.3. The van der Waals surface area contributed by atoms with Gasteiger partial charge in [0.25, 0.3) is 0 Å². The van der Waals surface area contributed by atoms with E-state index in [1.54, 1.807) is 6.92 Å². The number of carbonyl (C=O) groups is 3. The van der Waals surface area contributed by atoms with Crippen molar-refractivity contribution in [3.8, 4) is 11.1 Å². The van der Waals surface area contributed by atoms with Gasteiger partial charge in [-0.25, -0.2) is 4.79 Å². The fraction of sp³-hybridized carbons (Fsp3) is 0.400. The molecule has 33 heavy (non-hydrogen) atoms. The summed E-state index contributed by atoms with van der Waals surface area (Å²) in [5.74, 6) is -2.23. The Morgan fingerprint density at radius 2 is 1.64 bits per heavy atom. The van der Waals surface area contributed by atoms with Gasteiger partial charge in [-0.2, -0.15) is 0 Å². The third-order valence-corrected chi connectivity index (χ3v) is 5.88. The summed E-state index contributed by atoms with van der Waals surface area (Å²) in [5, 5.41) is 11.7. The number of hydrogen-bond donors (Lipinski definition) is 2. The van der Waals surface area contributed by atoms with Crippen molar-refractivity contribution in [1.82, 2.24) is 10.2 Å². The van der Waals surface area contributed by atoms with Crippen LogP contribution in [0.3, 0.4) is 0 Å². The highest BCUT2D eigenvalue weighted by atomic mass is 16.5. The van der Waals surface area contributed by atoms with E-state index < -0.39 is 29.9 Å². The molecule has 176 valence electrons. The number of rotatable bonds is 10. The molecule has 0 radical (unpaired) electrons. The molecule has 0 heterocycles. The number of hydrogen-bond acceptors (Lipinski definition) is 5. The van der Waals surface area contributed by atoms with Gasteiger partial charge in [-0.15, -0.1) is 0 Å². The Hall–Kier alpha value is -3.39. The molecule has 0 saturated heterocycles. The Morgan fingerprint density at radius 3 is 2.15 bits per heavy atom. The number of aliphatic carboxylic acids is 1. The summed E-state index contributed by atoms with van der Waals surface area (Å²) in [6.45, 7) is 3.70. The lowest BCUT2D eigenvalue weighted by Gasteiger charge is -2.27. The van der Waals surface area contributed by atoms with E-state index in [2.05, 4.69) is 17.4 Å². The first-order valence-electron chi connectivity index (χ1n) is 11.0. The number of nitrogens with zero attached hydrogens (tertiary/aromatic N) is 1. The van der Waals surface area contributed by atoms with Crippen LogP contribution < -0.4 is 5.32 Å². The normalized spacial score (nSPS) is 14.0. The van der Waals surface area contributed by atoms with Gasteiger partial charge in [-0.1, -0.05) is 55.5 Å². The van der Waals surface area contributed by atoms with Crippen molar-refractivity contribution in [3.63, 3.8) is 0 Å². The highest BCUT2D eigenvalue weighted by molar-refractivity contribution is 5.86. The zero-order chi connectivity index (χ0) is 24.0. The molecular formula is C25H30N2O6. The number of alkyl carbamates (subject to hydrolysis) is 1. The highest BCUT2D eigenvalue weighted by Crippen LogP contribution is 2.44. The number of likely N-dealkylation sites (N-methyl/N-ethyl adjacent to an activating group) is 1. The lowest BCUT2D eigenvalue weighted by atomic mass is 9.98. The van der Waals surface area contributed by atoms with Crippen molar-refractivity contribution in [1.29, 1.82) is 0 Å². The molecule has 8 nitrogen and oxygen atoms in total. The summed E-state index contributed by atoms with van der Waals surface area (Å²) in [5.41, 5.74) is 4.44. The Kier molecular flexibility index (Phi) is 8.06. The van der Waals surface area contributed by atoms with Crippen molar-refractivity contribution in [3.05, 3.63) is 59.7 Å². The van der Waals surface area contributed by atoms with Crippen LogP contribution in [0.25, 0.3) is 11.1 Å². The van der Waals surface area contributed by atoms with Crippen LogP contribution in [-0.4, -0.2) is 67.4 Å². The second-order valence-corrected chi connectivity index (χ2v) is 8.09. The molecule has 8 heteroatoms. The average Bonchev–Trinajstić information content (AvgIpc) is 3.14. The fourth-order valence-corrected chi connectivity index (χ4v) is 4.13. The molecule has 2 N–H and O–H groups in total. The quantitative estimate of drug-likeness (QED) is 0.572. The number of carboxylic acids is 1. The molecule has 0 spiro atoms. The third-order valence-electron chi connectivity index (χ3n) is 5.88. The van der Waals surface area contributed by atoms with E-state index in [1.165, 1.54) is 18.9 Å². The Bertz CT molecular complexity index is 962. The van der Waals surface area contributed by atoms with Crippen molar-refractivity contribution in [2.45, 2.75) is 25.8 Å². The fourth-order valence-electron chi connectivity index (χ4n) is 4.13. The van der Waals surface area contributed by atoms with E-state index >= 15 is 0 Å². The minimum atomic E-state index is -0.992. The summed E-state index contributed by atoms with van der Waals surface area (Å²) in [4.78, 5) is 38.1. The number of carbonyl (C=O) groups excluding carboxylic acids is 2. The maximum atomic E-state index is 12.9. The SMILES string of the molecule is CCN(CC(C)C(=O)O)C(=O)C(COC)NC(=O)OCC1c2ccccc2-c2ccccc21. The van der Waals surface area contributed by atoms with Crippen LogP contribution in [0.15, 0.2) is 48.5 Å². The first-order valence-corrected chi connectivity index (χ1v) is 11.0. The smallest absolute Gasteiger partial charge is 0.407 e. The van der Waals surface area contributed by atoms with Crippen LogP contribution >= 0.6 is 0 Å². The Balaban J connectivity index is 1.66. The molecule has 2 aromatic carbocycles. The summed E-state index contributed by atoms with van der Waals surface area (Å²) in [6, 6.07) is 15.1. The van der Waals surface area contributed by atoms with Crippen LogP contribution in [0.4, 0.5) is 4.79 Å². The number of fused-ring (bicyclic) bond motifs is 3. The molecule has 1 aliphatic carbocycles. The summed E-state index contributed by atoms with van der Waals surface area (Å²) in [7, 11) is 1.43. The molecule has 2 amide bonds. The number of amides is 2. The number of ether oxygens (including phenoxy) is 2. The predicted molar refractivity (Wildman–Crippen MR) is 123 cm³/mol. The van der Waals surface area contributed by atoms with Gasteiger partial charge >= 0.3 is 12.1 Å². The average molecular weight is 455 g/mol. The largest absolute Gasteiger partial charge is 0.481 e. The second kappa shape index (κ2) is 11.0. The summed E-state index contributed by atoms with van der Waals surface area (Å²) < 4.78 is 10.6. The van der Waals surface area contributed by atoms with E-state index in [9.17, 15) is 14.4 Å². The van der Waals surface area contributed by atoms with Crippen LogP contribution in [-0.2, 0) is 19.1 Å². The molecule has 0 bridgehead atoms. The zero-order valence-corrected chi connectivity index (χ0v) is 19.1. The number of methoxy groups -OCH3 is 1. The van der Waals surface area contributed by atoms with Gasteiger partial charge in [-0.3, -0.25) is 9.59 Å². The molecule has 0 saturated carbocycles. The Morgan fingerprint density at radius 1 is 1.06 bits per heavy atom. The predicted octanol–water partition coefficient (Wildman–Crippen LogP) is 3.11. The maximum absolute atomic E-state index is 12.9. The molecule has 2 aromatic rings. The van der Waals surface area contributed by atoms with E-state index in [0.717, 1.165) is 22.3 Å². The van der Waals surface area contributed by atoms with Crippen LogP contribution in [0, 0.1) is 5.92 Å². The third kappa shape index (κ3) is 5.51. The van der Waals surface area contributed by atoms with Gasteiger partial charge in [0.1, 0.15) is 12.6 Å². The monoisotopic (exact) mass is 454 g/mol. The van der Waals surface area contributed by atoms with Gasteiger partial charge in [-0.05, 0) is 29.2 Å². The van der Waals surface area contributed by atoms with Gasteiger partial charge in [0, 0.05) is 26.1 Å². The number of carboxylic acid groups (broad SMARTS) is 1. The topological polar surface area (TPSA) is 105 Å². The first-order chi connectivity index (χ1) is 15.9. The highest BCUT2D eigenvalue weighted by Gasteiger charge is 2.31. The van der Waals surface area contributed by atoms with Gasteiger partial charge in [0.15, 0.2) is 0 Å². The van der Waals surface area contributed by atoms with Crippen LogP contribution in [0.5, 0.6) is 0 Å². The molecule has 0 aliphatic heterocycles. The van der Waals surface area contributed by atoms with Crippen molar-refractivity contribution in [2.24, 2.45) is 5.92 Å². The second-order valence-electron chi connectivity index (χ2n) is 8.09. The van der Waals surface area contributed by atoms with Crippen molar-refractivity contribution >= 4 is 18.0 Å². The van der Waals surface area contributed by atoms with Crippen LogP contribution in [0.1, 0.15) is 30.9 Å². The molecule has 2 unspecified atom stereocenters. The molecule has 0 fully saturated rings. The molecule has 0 aromatic heterocycles. The number of nitrogens with one attached hydrogen (secondary N) is 1. The molecule has 3 rings (SSSR count). The van der Waals surface area contributed by atoms with E-state index in [-0.39, 0.29) is 25.7 Å². The lowest BCUT2D eigenvalue weighted by Crippen LogP contribution is -2.52. The minimum absolute atomic E-state index is 0.0389. The van der Waals surface area contributed by atoms with E-state index in [4.69, 9.17) is 14.6 Å². The van der Waals surface area contributed by atoms with E-state index in [1.807, 2.05) is 36.4 Å². The standard InChI is InChI=1S/C25H30N2O6/c1-4-27(13-16(2)24(29)30)23(28)22(15-32-3)26-25(31)33-14-21-19-11-7-5-9-17(19)18-10-6-8-12-20(18)21/h5-12,16,21-22H,4,13-15H2,1-3H3,(H,26,31)(H,29,30). The van der Waals surface area contributed by atoms with Crippen molar-refractivity contribution < 1.29 is 29.0 Å². The lowest BCUT2D eigenvalue weighted by molar-refractivity contribution is -0.143. The summed E-state index contributed by atoms with van der Waals surface area (Å²) >= 11 is 0. The van der Waals surface area contributed by atoms with E-state index in [0.29, 0.717) is 6.54 Å². The maximum Gasteiger partial charge on any atom is 0.407 e. The van der Waals surface area contributed by atoms with Gasteiger partial charge in [0.2, 0.25) is 5.91 Å². The zero-order valence-electron chi connectivity index (χ0n) is 19.1. The number of benzene rings is 2. The Labute approximate surface area is 193 Å². The van der Waals surface area contributed by atoms with Gasteiger partial charge < -0.3 is 24.8 Å². The summed E-state index contributed by atoms with van der Waals surface area (Å²) in [6.07, 6.45) is -0.727. The minimum Gasteiger partial charge on any atom is -0.481 e. The molecule has 1 aliphatic rings. The van der Waals surface area contributed by atoms with Crippen LogP contribution in [0.2, 0.25) is 0 Å².